The highest BCUT2D eigenvalue weighted by molar-refractivity contribution is 6.10. The number of esters is 1. The summed E-state index contributed by atoms with van der Waals surface area (Å²) in [4.78, 5) is 15.1. The van der Waals surface area contributed by atoms with Crippen LogP contribution in [0.4, 0.5) is 0 Å². The fourth-order valence-electron chi connectivity index (χ4n) is 6.65. The highest BCUT2D eigenvalue weighted by atomic mass is 16.6. The Morgan fingerprint density at radius 2 is 1.76 bits per heavy atom. The molecule has 5 aliphatic rings. The predicted octanol–water partition coefficient (Wildman–Crippen LogP) is 5.52. The van der Waals surface area contributed by atoms with E-state index < -0.39 is 5.60 Å². The molecule has 3 aromatic rings. The van der Waals surface area contributed by atoms with Crippen molar-refractivity contribution in [1.82, 2.24) is 4.90 Å². The first kappa shape index (κ1) is 19.1. The molecular formula is C30H25NO2. The van der Waals surface area contributed by atoms with Gasteiger partial charge in [0, 0.05) is 28.8 Å². The van der Waals surface area contributed by atoms with Crippen LogP contribution in [0.2, 0.25) is 0 Å². The average Bonchev–Trinajstić information content (AvgIpc) is 3.06. The lowest BCUT2D eigenvalue weighted by Crippen LogP contribution is -2.61. The van der Waals surface area contributed by atoms with Gasteiger partial charge in [0.15, 0.2) is 5.60 Å². The third-order valence-electron chi connectivity index (χ3n) is 8.07. The molecular weight excluding hydrogens is 406 g/mol. The minimum absolute atomic E-state index is 0.209. The molecule has 3 heteroatoms. The van der Waals surface area contributed by atoms with Crippen LogP contribution in [0.5, 0.6) is 0 Å². The molecule has 0 N–H and O–H groups in total. The van der Waals surface area contributed by atoms with Crippen molar-refractivity contribution in [2.24, 2.45) is 0 Å². The zero-order valence-electron chi connectivity index (χ0n) is 18.5. The van der Waals surface area contributed by atoms with E-state index in [1.54, 1.807) is 6.08 Å². The molecule has 3 nitrogen and oxygen atoms in total. The SMILES string of the molecule is O=C1C=C2C(C#Cc3cc4ccccc4c4ccccc34)=C[C@@H]3CC[C@@]2(O1)[C@H]1CCCCN31. The number of fused-ring (bicyclic) bond motifs is 4. The van der Waals surface area contributed by atoms with Crippen LogP contribution >= 0.6 is 0 Å². The van der Waals surface area contributed by atoms with Crippen molar-refractivity contribution in [3.05, 3.63) is 83.5 Å². The maximum atomic E-state index is 12.5. The summed E-state index contributed by atoms with van der Waals surface area (Å²) in [7, 11) is 0. The maximum Gasteiger partial charge on any atom is 0.332 e. The molecule has 0 radical (unpaired) electrons. The molecule has 0 amide bonds. The molecule has 2 fully saturated rings. The molecule has 0 aromatic heterocycles. The van der Waals surface area contributed by atoms with Crippen LogP contribution in [-0.4, -0.2) is 35.1 Å². The Labute approximate surface area is 193 Å². The van der Waals surface area contributed by atoms with Gasteiger partial charge < -0.3 is 4.74 Å². The highest BCUT2D eigenvalue weighted by Gasteiger charge is 2.57. The van der Waals surface area contributed by atoms with Crippen LogP contribution in [-0.2, 0) is 9.53 Å². The first-order valence-electron chi connectivity index (χ1n) is 12.1. The van der Waals surface area contributed by atoms with Crippen LogP contribution in [0.1, 0.15) is 37.7 Å². The van der Waals surface area contributed by atoms with Crippen molar-refractivity contribution in [2.45, 2.75) is 49.8 Å². The second-order valence-electron chi connectivity index (χ2n) is 9.75. The summed E-state index contributed by atoms with van der Waals surface area (Å²) in [6.07, 6.45) is 9.46. The van der Waals surface area contributed by atoms with E-state index in [2.05, 4.69) is 77.4 Å². The lowest BCUT2D eigenvalue weighted by atomic mass is 9.74. The first-order valence-corrected chi connectivity index (χ1v) is 12.1. The Balaban J connectivity index is 1.40. The number of carbonyl (C=O) groups is 1. The first-order chi connectivity index (χ1) is 16.2. The van der Waals surface area contributed by atoms with Crippen molar-refractivity contribution < 1.29 is 9.53 Å². The Bertz CT molecular complexity index is 1450. The molecule has 3 aromatic carbocycles. The molecule has 33 heavy (non-hydrogen) atoms. The lowest BCUT2D eigenvalue weighted by Gasteiger charge is -2.51. The van der Waals surface area contributed by atoms with Gasteiger partial charge in [-0.3, -0.25) is 4.90 Å². The van der Waals surface area contributed by atoms with Crippen LogP contribution in [0.25, 0.3) is 21.5 Å². The molecule has 1 aliphatic carbocycles. The summed E-state index contributed by atoms with van der Waals surface area (Å²) in [5.74, 6) is 6.81. The number of hydrogen-bond acceptors (Lipinski definition) is 3. The third-order valence-corrected chi connectivity index (χ3v) is 8.07. The fourth-order valence-corrected chi connectivity index (χ4v) is 6.65. The number of nitrogens with zero attached hydrogens (tertiary/aromatic N) is 1. The third kappa shape index (κ3) is 2.77. The number of benzene rings is 3. The van der Waals surface area contributed by atoms with Crippen molar-refractivity contribution in [2.75, 3.05) is 6.54 Å². The summed E-state index contributed by atoms with van der Waals surface area (Å²) in [5, 5.41) is 4.84. The number of ether oxygens (including phenoxy) is 1. The minimum Gasteiger partial charge on any atom is -0.449 e. The largest absolute Gasteiger partial charge is 0.449 e. The molecule has 4 heterocycles. The molecule has 2 bridgehead atoms. The number of carbonyl (C=O) groups excluding carboxylic acids is 1. The Kier molecular flexibility index (Phi) is 4.10. The average molecular weight is 432 g/mol. The molecule has 162 valence electrons. The van der Waals surface area contributed by atoms with E-state index in [0.29, 0.717) is 6.04 Å². The van der Waals surface area contributed by atoms with Gasteiger partial charge in [0.05, 0.1) is 6.04 Å². The number of rotatable bonds is 0. The maximum absolute atomic E-state index is 12.5. The molecule has 0 unspecified atom stereocenters. The van der Waals surface area contributed by atoms with Crippen molar-refractivity contribution in [3.8, 4) is 11.8 Å². The van der Waals surface area contributed by atoms with E-state index in [4.69, 9.17) is 4.74 Å². The van der Waals surface area contributed by atoms with Gasteiger partial charge in [-0.15, -0.1) is 0 Å². The van der Waals surface area contributed by atoms with E-state index in [0.717, 1.165) is 42.5 Å². The van der Waals surface area contributed by atoms with Gasteiger partial charge in [0.2, 0.25) is 0 Å². The van der Waals surface area contributed by atoms with E-state index in [1.165, 1.54) is 34.4 Å². The Morgan fingerprint density at radius 3 is 2.67 bits per heavy atom. The molecule has 8 rings (SSSR count). The summed E-state index contributed by atoms with van der Waals surface area (Å²) >= 11 is 0. The van der Waals surface area contributed by atoms with E-state index >= 15 is 0 Å². The van der Waals surface area contributed by atoms with Gasteiger partial charge in [-0.1, -0.05) is 72.9 Å². The Hall–Kier alpha value is -3.35. The minimum atomic E-state index is -0.517. The smallest absolute Gasteiger partial charge is 0.332 e. The molecule has 2 saturated heterocycles. The second kappa shape index (κ2) is 7.07. The number of hydrogen-bond donors (Lipinski definition) is 0. The van der Waals surface area contributed by atoms with Crippen molar-refractivity contribution in [3.63, 3.8) is 0 Å². The van der Waals surface area contributed by atoms with Crippen LogP contribution in [0.3, 0.4) is 0 Å². The molecule has 1 spiro atoms. The second-order valence-corrected chi connectivity index (χ2v) is 9.75. The summed E-state index contributed by atoms with van der Waals surface area (Å²) in [6.45, 7) is 1.08. The van der Waals surface area contributed by atoms with Crippen molar-refractivity contribution >= 4 is 27.5 Å². The van der Waals surface area contributed by atoms with E-state index in [1.807, 2.05) is 0 Å². The standard InChI is InChI=1S/C30H25NO2/c32-29-19-27-22(18-23-14-15-30(27,33-29)28-11-5-6-16-31(23)28)13-12-21-17-20-7-1-2-8-24(20)26-10-4-3-9-25(21)26/h1-4,7-10,17-19,23,28H,5-6,11,14-16H2/t23-,28+,30-/m0/s1. The predicted molar refractivity (Wildman–Crippen MR) is 131 cm³/mol. The van der Waals surface area contributed by atoms with Crippen LogP contribution < -0.4 is 0 Å². The van der Waals surface area contributed by atoms with Crippen molar-refractivity contribution in [1.29, 1.82) is 0 Å². The topological polar surface area (TPSA) is 29.5 Å². The Morgan fingerprint density at radius 1 is 0.939 bits per heavy atom. The zero-order chi connectivity index (χ0) is 22.0. The van der Waals surface area contributed by atoms with Gasteiger partial charge >= 0.3 is 5.97 Å². The van der Waals surface area contributed by atoms with Gasteiger partial charge in [-0.05, 0) is 59.8 Å². The lowest BCUT2D eigenvalue weighted by molar-refractivity contribution is -0.159. The van der Waals surface area contributed by atoms with Gasteiger partial charge in [0.25, 0.3) is 0 Å². The van der Waals surface area contributed by atoms with Gasteiger partial charge in [-0.2, -0.15) is 0 Å². The normalized spacial score (nSPS) is 28.3. The summed E-state index contributed by atoms with van der Waals surface area (Å²) < 4.78 is 6.12. The quantitative estimate of drug-likeness (QED) is 0.267. The van der Waals surface area contributed by atoms with Gasteiger partial charge in [0.1, 0.15) is 0 Å². The highest BCUT2D eigenvalue weighted by Crippen LogP contribution is 2.51. The number of piperidine rings is 2. The summed E-state index contributed by atoms with van der Waals surface area (Å²) in [5.41, 5.74) is 2.51. The fraction of sp³-hybridized carbons (Fsp3) is 0.300. The zero-order valence-corrected chi connectivity index (χ0v) is 18.5. The molecule has 0 saturated carbocycles. The van der Waals surface area contributed by atoms with E-state index in [-0.39, 0.29) is 12.0 Å². The summed E-state index contributed by atoms with van der Waals surface area (Å²) in [6, 6.07) is 19.8. The molecule has 3 atom stereocenters. The van der Waals surface area contributed by atoms with Crippen LogP contribution in [0.15, 0.2) is 77.9 Å². The van der Waals surface area contributed by atoms with Crippen LogP contribution in [0, 0.1) is 11.8 Å². The monoisotopic (exact) mass is 431 g/mol. The molecule has 4 aliphatic heterocycles. The van der Waals surface area contributed by atoms with E-state index in [9.17, 15) is 4.79 Å². The van der Waals surface area contributed by atoms with Gasteiger partial charge in [-0.25, -0.2) is 4.79 Å².